The van der Waals surface area contributed by atoms with Crippen LogP contribution in [0.5, 0.6) is 0 Å². The Balaban J connectivity index is 1.95. The minimum atomic E-state index is -0.216. The van der Waals surface area contributed by atoms with Crippen molar-refractivity contribution in [2.75, 3.05) is 0 Å². The third kappa shape index (κ3) is 2.52. The molecule has 1 heterocycles. The van der Waals surface area contributed by atoms with Crippen molar-refractivity contribution in [2.45, 2.75) is 0 Å². The molecular formula is C17H12FN. The molecule has 3 rings (SSSR count). The zero-order valence-electron chi connectivity index (χ0n) is 10.3. The maximum Gasteiger partial charge on any atom is 0.123 e. The fraction of sp³-hybridized carbons (Fsp3) is 0. The molecule has 0 aliphatic heterocycles. The molecule has 0 atom stereocenters. The summed E-state index contributed by atoms with van der Waals surface area (Å²) in [6.45, 7) is 0. The van der Waals surface area contributed by atoms with Crippen molar-refractivity contribution in [3.05, 3.63) is 78.7 Å². The fourth-order valence-electron chi connectivity index (χ4n) is 2.04. The first-order valence-electron chi connectivity index (χ1n) is 6.10. The Kier molecular flexibility index (Phi) is 3.07. The molecule has 1 nitrogen and oxygen atoms in total. The molecule has 2 heteroatoms. The largest absolute Gasteiger partial charge is 0.256 e. The summed E-state index contributed by atoms with van der Waals surface area (Å²) >= 11 is 0. The predicted molar refractivity (Wildman–Crippen MR) is 75.1 cm³/mol. The second-order valence-corrected chi connectivity index (χ2v) is 4.30. The van der Waals surface area contributed by atoms with Gasteiger partial charge in [-0.1, -0.05) is 42.5 Å². The van der Waals surface area contributed by atoms with Crippen LogP contribution in [0.25, 0.3) is 22.4 Å². The van der Waals surface area contributed by atoms with Gasteiger partial charge in [-0.15, -0.1) is 0 Å². The van der Waals surface area contributed by atoms with Gasteiger partial charge in [-0.2, -0.15) is 0 Å². The zero-order valence-corrected chi connectivity index (χ0v) is 10.3. The van der Waals surface area contributed by atoms with Gasteiger partial charge in [-0.25, -0.2) is 4.39 Å². The summed E-state index contributed by atoms with van der Waals surface area (Å²) in [5.74, 6) is -0.216. The molecule has 2 aromatic carbocycles. The summed E-state index contributed by atoms with van der Waals surface area (Å²) in [5, 5.41) is 0. The van der Waals surface area contributed by atoms with E-state index in [2.05, 4.69) is 4.98 Å². The summed E-state index contributed by atoms with van der Waals surface area (Å²) in [5.41, 5.74) is 3.88. The molecular weight excluding hydrogens is 237 g/mol. The van der Waals surface area contributed by atoms with Gasteiger partial charge in [0.05, 0.1) is 5.69 Å². The lowest BCUT2D eigenvalue weighted by Gasteiger charge is -2.04. The van der Waals surface area contributed by atoms with E-state index in [0.29, 0.717) is 0 Å². The van der Waals surface area contributed by atoms with Gasteiger partial charge < -0.3 is 0 Å². The van der Waals surface area contributed by atoms with Crippen molar-refractivity contribution < 1.29 is 4.39 Å². The maximum atomic E-state index is 13.2. The first-order valence-corrected chi connectivity index (χ1v) is 6.10. The minimum absolute atomic E-state index is 0.216. The lowest BCUT2D eigenvalue weighted by Crippen LogP contribution is -1.83. The van der Waals surface area contributed by atoms with Gasteiger partial charge in [0.15, 0.2) is 0 Å². The topological polar surface area (TPSA) is 12.9 Å². The van der Waals surface area contributed by atoms with Crippen molar-refractivity contribution >= 4 is 0 Å². The Morgan fingerprint density at radius 1 is 0.684 bits per heavy atom. The van der Waals surface area contributed by atoms with E-state index in [4.69, 9.17) is 0 Å². The Labute approximate surface area is 111 Å². The molecule has 19 heavy (non-hydrogen) atoms. The summed E-state index contributed by atoms with van der Waals surface area (Å²) in [4.78, 5) is 4.31. The average Bonchev–Trinajstić information content (AvgIpc) is 2.48. The third-order valence-electron chi connectivity index (χ3n) is 3.00. The smallest absolute Gasteiger partial charge is 0.123 e. The van der Waals surface area contributed by atoms with Crippen LogP contribution in [-0.4, -0.2) is 4.98 Å². The van der Waals surface area contributed by atoms with Crippen LogP contribution in [0.1, 0.15) is 0 Å². The number of pyridine rings is 1. The van der Waals surface area contributed by atoms with E-state index in [-0.39, 0.29) is 5.82 Å². The molecule has 0 radical (unpaired) electrons. The van der Waals surface area contributed by atoms with Crippen molar-refractivity contribution in [1.82, 2.24) is 4.98 Å². The van der Waals surface area contributed by atoms with Gasteiger partial charge in [0.1, 0.15) is 5.82 Å². The molecule has 0 N–H and O–H groups in total. The normalized spacial score (nSPS) is 10.4. The molecule has 0 unspecified atom stereocenters. The quantitative estimate of drug-likeness (QED) is 0.649. The molecule has 0 aliphatic carbocycles. The Morgan fingerprint density at radius 3 is 2.16 bits per heavy atom. The van der Waals surface area contributed by atoms with Gasteiger partial charge in [0.2, 0.25) is 0 Å². The second-order valence-electron chi connectivity index (χ2n) is 4.30. The highest BCUT2D eigenvalue weighted by Crippen LogP contribution is 2.24. The van der Waals surface area contributed by atoms with Crippen LogP contribution in [-0.2, 0) is 0 Å². The Morgan fingerprint density at radius 2 is 1.47 bits per heavy atom. The Bertz CT molecular complexity index is 675. The van der Waals surface area contributed by atoms with E-state index < -0.39 is 0 Å². The van der Waals surface area contributed by atoms with Crippen molar-refractivity contribution in [2.24, 2.45) is 0 Å². The summed E-state index contributed by atoms with van der Waals surface area (Å²) in [6.07, 6.45) is 1.77. The molecule has 0 saturated carbocycles. The van der Waals surface area contributed by atoms with Crippen LogP contribution in [0.4, 0.5) is 4.39 Å². The van der Waals surface area contributed by atoms with Crippen molar-refractivity contribution in [1.29, 1.82) is 0 Å². The first kappa shape index (κ1) is 11.6. The SMILES string of the molecule is Fc1cccc(-c2ccc(-c3ccccn3)cc2)c1. The zero-order chi connectivity index (χ0) is 13.1. The molecule has 0 spiro atoms. The van der Waals surface area contributed by atoms with Crippen LogP contribution >= 0.6 is 0 Å². The van der Waals surface area contributed by atoms with E-state index in [1.807, 2.05) is 48.5 Å². The second kappa shape index (κ2) is 5.02. The van der Waals surface area contributed by atoms with E-state index >= 15 is 0 Å². The molecule has 1 aromatic heterocycles. The van der Waals surface area contributed by atoms with Crippen molar-refractivity contribution in [3.63, 3.8) is 0 Å². The maximum absolute atomic E-state index is 13.2. The molecule has 0 amide bonds. The molecule has 92 valence electrons. The molecule has 0 bridgehead atoms. The summed E-state index contributed by atoms with van der Waals surface area (Å²) < 4.78 is 13.2. The van der Waals surface area contributed by atoms with Gasteiger partial charge in [0.25, 0.3) is 0 Å². The third-order valence-corrected chi connectivity index (χ3v) is 3.00. The van der Waals surface area contributed by atoms with Crippen molar-refractivity contribution in [3.8, 4) is 22.4 Å². The van der Waals surface area contributed by atoms with Gasteiger partial charge in [-0.05, 0) is 35.4 Å². The van der Waals surface area contributed by atoms with E-state index in [1.54, 1.807) is 12.3 Å². The Hall–Kier alpha value is -2.48. The highest BCUT2D eigenvalue weighted by Gasteiger charge is 2.01. The lowest BCUT2D eigenvalue weighted by atomic mass is 10.0. The van der Waals surface area contributed by atoms with E-state index in [9.17, 15) is 4.39 Å². The highest BCUT2D eigenvalue weighted by molar-refractivity contribution is 5.68. The monoisotopic (exact) mass is 249 g/mol. The van der Waals surface area contributed by atoms with Crippen LogP contribution in [0.3, 0.4) is 0 Å². The number of hydrogen-bond acceptors (Lipinski definition) is 1. The van der Waals surface area contributed by atoms with Gasteiger partial charge in [-0.3, -0.25) is 4.98 Å². The molecule has 0 aliphatic rings. The standard InChI is InChI=1S/C17H12FN/c18-16-5-3-4-15(12-16)13-7-9-14(10-8-13)17-6-1-2-11-19-17/h1-12H. The van der Waals surface area contributed by atoms with Crippen LogP contribution in [0.2, 0.25) is 0 Å². The number of benzene rings is 2. The van der Waals surface area contributed by atoms with Crippen LogP contribution in [0.15, 0.2) is 72.9 Å². The lowest BCUT2D eigenvalue weighted by molar-refractivity contribution is 0.628. The van der Waals surface area contributed by atoms with Gasteiger partial charge >= 0.3 is 0 Å². The van der Waals surface area contributed by atoms with E-state index in [0.717, 1.165) is 22.4 Å². The molecule has 0 fully saturated rings. The number of aromatic nitrogens is 1. The minimum Gasteiger partial charge on any atom is -0.256 e. The average molecular weight is 249 g/mol. The first-order chi connectivity index (χ1) is 9.33. The van der Waals surface area contributed by atoms with E-state index in [1.165, 1.54) is 12.1 Å². The predicted octanol–water partition coefficient (Wildman–Crippen LogP) is 4.55. The number of rotatable bonds is 2. The number of halogens is 1. The summed E-state index contributed by atoms with van der Waals surface area (Å²) in [6, 6.07) is 20.4. The van der Waals surface area contributed by atoms with Crippen LogP contribution < -0.4 is 0 Å². The fourth-order valence-corrected chi connectivity index (χ4v) is 2.04. The summed E-state index contributed by atoms with van der Waals surface area (Å²) in [7, 11) is 0. The molecule has 3 aromatic rings. The van der Waals surface area contributed by atoms with Crippen LogP contribution in [0, 0.1) is 5.82 Å². The number of nitrogens with zero attached hydrogens (tertiary/aromatic N) is 1. The van der Waals surface area contributed by atoms with Gasteiger partial charge in [0, 0.05) is 11.8 Å². The molecule has 0 saturated heterocycles. The number of hydrogen-bond donors (Lipinski definition) is 0. The highest BCUT2D eigenvalue weighted by atomic mass is 19.1.